The average molecular weight is 492 g/mol. The van der Waals surface area contributed by atoms with Gasteiger partial charge in [0, 0.05) is 35.2 Å². The van der Waals surface area contributed by atoms with Crippen LogP contribution < -0.4 is 5.32 Å². The van der Waals surface area contributed by atoms with E-state index in [-0.39, 0.29) is 29.1 Å². The van der Waals surface area contributed by atoms with Crippen molar-refractivity contribution in [2.45, 2.75) is 53.4 Å². The molecule has 0 aliphatic carbocycles. The first-order valence-electron chi connectivity index (χ1n) is 11.9. The summed E-state index contributed by atoms with van der Waals surface area (Å²) in [5.74, 6) is -0.312. The molecule has 0 spiro atoms. The highest BCUT2D eigenvalue weighted by atomic mass is 16.6. The number of hydrogen-bond acceptors (Lipinski definition) is 5. The third-order valence-corrected chi connectivity index (χ3v) is 5.79. The first-order chi connectivity index (χ1) is 16.9. The first kappa shape index (κ1) is 26.6. The maximum Gasteiger partial charge on any atom is 0.273 e. The van der Waals surface area contributed by atoms with Gasteiger partial charge in [-0.05, 0) is 38.5 Å². The van der Waals surface area contributed by atoms with Crippen LogP contribution in [0.25, 0.3) is 5.69 Å². The summed E-state index contributed by atoms with van der Waals surface area (Å²) >= 11 is 0. The van der Waals surface area contributed by atoms with E-state index in [1.807, 2.05) is 65.0 Å². The van der Waals surface area contributed by atoms with E-state index in [0.717, 1.165) is 16.9 Å². The van der Waals surface area contributed by atoms with Crippen LogP contribution in [0.4, 0.5) is 11.5 Å². The fourth-order valence-corrected chi connectivity index (χ4v) is 3.72. The molecule has 9 nitrogen and oxygen atoms in total. The Kier molecular flexibility index (Phi) is 7.92. The molecule has 3 aromatic rings. The Morgan fingerprint density at radius 3 is 2.33 bits per heavy atom. The molecule has 0 saturated heterocycles. The second kappa shape index (κ2) is 10.7. The Morgan fingerprint density at radius 2 is 1.75 bits per heavy atom. The van der Waals surface area contributed by atoms with E-state index in [9.17, 15) is 19.7 Å². The number of carbonyl (C=O) groups is 2. The molecule has 0 aliphatic heterocycles. The van der Waals surface area contributed by atoms with Crippen LogP contribution >= 0.6 is 0 Å². The van der Waals surface area contributed by atoms with Crippen molar-refractivity contribution in [3.63, 3.8) is 0 Å². The molecule has 36 heavy (non-hydrogen) atoms. The number of hydrogen-bond donors (Lipinski definition) is 1. The zero-order valence-electron chi connectivity index (χ0n) is 21.7. The maximum atomic E-state index is 13.2. The number of nitro benzene ring substituents is 1. The molecule has 0 radical (unpaired) electrons. The lowest BCUT2D eigenvalue weighted by atomic mass is 9.92. The lowest BCUT2D eigenvalue weighted by Gasteiger charge is -2.22. The van der Waals surface area contributed by atoms with E-state index in [0.29, 0.717) is 24.3 Å². The lowest BCUT2D eigenvalue weighted by Crippen LogP contribution is -2.38. The summed E-state index contributed by atoms with van der Waals surface area (Å²) in [4.78, 5) is 38.5. The number of carbonyl (C=O) groups excluding carboxylic acids is 2. The molecular weight excluding hydrogens is 458 g/mol. The predicted molar refractivity (Wildman–Crippen MR) is 140 cm³/mol. The van der Waals surface area contributed by atoms with Crippen molar-refractivity contribution in [3.05, 3.63) is 81.0 Å². The summed E-state index contributed by atoms with van der Waals surface area (Å²) in [6, 6.07) is 14.0. The van der Waals surface area contributed by atoms with Gasteiger partial charge in [-0.1, -0.05) is 51.5 Å². The van der Waals surface area contributed by atoms with Crippen molar-refractivity contribution in [2.24, 2.45) is 0 Å². The van der Waals surface area contributed by atoms with Gasteiger partial charge in [0.25, 0.3) is 11.6 Å². The highest BCUT2D eigenvalue weighted by Crippen LogP contribution is 2.27. The number of rotatable bonds is 8. The lowest BCUT2D eigenvalue weighted by molar-refractivity contribution is -0.385. The Labute approximate surface area is 211 Å². The van der Waals surface area contributed by atoms with Crippen LogP contribution in [-0.2, 0) is 10.2 Å². The Balaban J connectivity index is 1.87. The van der Waals surface area contributed by atoms with Gasteiger partial charge in [-0.2, -0.15) is 5.10 Å². The average Bonchev–Trinajstić information content (AvgIpc) is 3.23. The maximum absolute atomic E-state index is 13.2. The van der Waals surface area contributed by atoms with Gasteiger partial charge in [0.1, 0.15) is 12.4 Å². The van der Waals surface area contributed by atoms with Crippen LogP contribution in [-0.4, -0.2) is 44.5 Å². The SMILES string of the molecule is CCCN(CC(=O)Nc1cc(C(C)(C)C)nn1-c1ccc(C)cc1)C(=O)c1ccc(C)c([N+](=O)[O-])c1. The third kappa shape index (κ3) is 6.16. The highest BCUT2D eigenvalue weighted by molar-refractivity contribution is 5.99. The minimum atomic E-state index is -0.512. The minimum Gasteiger partial charge on any atom is -0.329 e. The van der Waals surface area contributed by atoms with Crippen LogP contribution in [0.2, 0.25) is 0 Å². The third-order valence-electron chi connectivity index (χ3n) is 5.79. The Bertz CT molecular complexity index is 1270. The van der Waals surface area contributed by atoms with Crippen molar-refractivity contribution in [3.8, 4) is 5.69 Å². The van der Waals surface area contributed by atoms with E-state index in [1.54, 1.807) is 23.7 Å². The van der Waals surface area contributed by atoms with Gasteiger partial charge in [0.2, 0.25) is 5.91 Å². The van der Waals surface area contributed by atoms with E-state index in [1.165, 1.54) is 11.0 Å². The van der Waals surface area contributed by atoms with Gasteiger partial charge < -0.3 is 10.2 Å². The van der Waals surface area contributed by atoms with Crippen molar-refractivity contribution in [2.75, 3.05) is 18.4 Å². The Hall–Kier alpha value is -4.01. The summed E-state index contributed by atoms with van der Waals surface area (Å²) in [5.41, 5.74) is 3.01. The van der Waals surface area contributed by atoms with E-state index in [2.05, 4.69) is 5.32 Å². The summed E-state index contributed by atoms with van der Waals surface area (Å²) in [6.07, 6.45) is 0.627. The summed E-state index contributed by atoms with van der Waals surface area (Å²) < 4.78 is 1.69. The van der Waals surface area contributed by atoms with Gasteiger partial charge >= 0.3 is 0 Å². The molecular formula is C27H33N5O4. The molecule has 3 rings (SSSR count). The summed E-state index contributed by atoms with van der Waals surface area (Å²) in [6.45, 7) is 11.8. The number of benzene rings is 2. The second-order valence-electron chi connectivity index (χ2n) is 9.95. The first-order valence-corrected chi connectivity index (χ1v) is 11.9. The number of nitro groups is 1. The van der Waals surface area contributed by atoms with Gasteiger partial charge in [-0.15, -0.1) is 0 Å². The van der Waals surface area contributed by atoms with Gasteiger partial charge in [0.15, 0.2) is 0 Å². The van der Waals surface area contributed by atoms with Gasteiger partial charge in [-0.3, -0.25) is 19.7 Å². The molecule has 1 heterocycles. The number of amides is 2. The van der Waals surface area contributed by atoms with E-state index in [4.69, 9.17) is 5.10 Å². The molecule has 0 saturated carbocycles. The van der Waals surface area contributed by atoms with Crippen molar-refractivity contribution in [1.82, 2.24) is 14.7 Å². The number of aromatic nitrogens is 2. The van der Waals surface area contributed by atoms with Crippen molar-refractivity contribution in [1.29, 1.82) is 0 Å². The topological polar surface area (TPSA) is 110 Å². The van der Waals surface area contributed by atoms with Crippen LogP contribution in [0.15, 0.2) is 48.5 Å². The molecule has 0 atom stereocenters. The largest absolute Gasteiger partial charge is 0.329 e. The molecule has 0 unspecified atom stereocenters. The fraction of sp³-hybridized carbons (Fsp3) is 0.370. The highest BCUT2D eigenvalue weighted by Gasteiger charge is 2.24. The minimum absolute atomic E-state index is 0.126. The zero-order chi connectivity index (χ0) is 26.6. The van der Waals surface area contributed by atoms with Crippen LogP contribution in [0.5, 0.6) is 0 Å². The normalized spacial score (nSPS) is 11.3. The van der Waals surface area contributed by atoms with Crippen LogP contribution in [0, 0.1) is 24.0 Å². The number of aryl methyl sites for hydroxylation is 2. The zero-order valence-corrected chi connectivity index (χ0v) is 21.7. The van der Waals surface area contributed by atoms with E-state index < -0.39 is 10.8 Å². The molecule has 1 aromatic heterocycles. The smallest absolute Gasteiger partial charge is 0.273 e. The molecule has 2 amide bonds. The molecule has 0 fully saturated rings. The Morgan fingerprint density at radius 1 is 1.08 bits per heavy atom. The number of nitrogens with one attached hydrogen (secondary N) is 1. The monoisotopic (exact) mass is 491 g/mol. The van der Waals surface area contributed by atoms with Crippen molar-refractivity contribution < 1.29 is 14.5 Å². The van der Waals surface area contributed by atoms with Gasteiger partial charge in [-0.25, -0.2) is 4.68 Å². The van der Waals surface area contributed by atoms with E-state index >= 15 is 0 Å². The van der Waals surface area contributed by atoms with Gasteiger partial charge in [0.05, 0.1) is 16.3 Å². The quantitative estimate of drug-likeness (QED) is 0.345. The molecule has 190 valence electrons. The molecule has 0 aliphatic rings. The van der Waals surface area contributed by atoms with Crippen LogP contribution in [0.1, 0.15) is 61.3 Å². The second-order valence-corrected chi connectivity index (χ2v) is 9.95. The molecule has 9 heteroatoms. The van der Waals surface area contributed by atoms with Crippen LogP contribution in [0.3, 0.4) is 0 Å². The molecule has 2 aromatic carbocycles. The van der Waals surface area contributed by atoms with Crippen molar-refractivity contribution >= 4 is 23.3 Å². The summed E-state index contributed by atoms with van der Waals surface area (Å²) in [5, 5.41) is 19.0. The predicted octanol–water partition coefficient (Wildman–Crippen LogP) is 5.19. The molecule has 0 bridgehead atoms. The number of anilines is 1. The molecule has 1 N–H and O–H groups in total. The summed E-state index contributed by atoms with van der Waals surface area (Å²) in [7, 11) is 0. The standard InChI is InChI=1S/C27H33N5O4/c1-7-14-30(26(34)20-11-10-19(3)22(15-20)32(35)36)17-25(33)28-24-16-23(27(4,5)6)29-31(24)21-12-8-18(2)9-13-21/h8-13,15-16H,7,14,17H2,1-6H3,(H,28,33). The number of nitrogens with zero attached hydrogens (tertiary/aromatic N) is 4. The fourth-order valence-electron chi connectivity index (χ4n) is 3.72.